The molecule has 0 heterocycles. The summed E-state index contributed by atoms with van der Waals surface area (Å²) in [6, 6.07) is 0. The third kappa shape index (κ3) is 18.5. The molecule has 0 aliphatic heterocycles. The van der Waals surface area contributed by atoms with Gasteiger partial charge in [-0.25, -0.2) is 0 Å². The van der Waals surface area contributed by atoms with Crippen LogP contribution in [0.3, 0.4) is 0 Å². The first-order chi connectivity index (χ1) is 4.13. The van der Waals surface area contributed by atoms with Gasteiger partial charge in [-0.3, -0.25) is 9.59 Å². The molecule has 0 fully saturated rings. The fourth-order valence-corrected chi connectivity index (χ4v) is 0.213. The molecule has 0 saturated heterocycles. The Labute approximate surface area is 61.5 Å². The van der Waals surface area contributed by atoms with Gasteiger partial charge in [0.1, 0.15) is 12.2 Å². The molecule has 51 valence electrons. The Morgan fingerprint density at radius 2 is 1.78 bits per heavy atom. The van der Waals surface area contributed by atoms with Gasteiger partial charge in [0, 0.05) is 0 Å². The Kier molecular flexibility index (Phi) is 9.48. The van der Waals surface area contributed by atoms with Gasteiger partial charge in [0.2, 0.25) is 0 Å². The van der Waals surface area contributed by atoms with Crippen molar-refractivity contribution in [2.75, 3.05) is 0 Å². The summed E-state index contributed by atoms with van der Waals surface area (Å²) < 4.78 is 8.19. The minimum absolute atomic E-state index is 0.312. The molecule has 0 unspecified atom stereocenters. The SMILES string of the molecule is CC(=O)CC(=O)O.[O]=[V]. The Bertz CT molecular complexity index is 99.1. The van der Waals surface area contributed by atoms with E-state index in [1.807, 2.05) is 0 Å². The monoisotopic (exact) mass is 169 g/mol. The average Bonchev–Trinajstić information content (AvgIpc) is 1.68. The normalized spacial score (nSPS) is 6.67. The van der Waals surface area contributed by atoms with Crippen molar-refractivity contribution in [2.24, 2.45) is 0 Å². The van der Waals surface area contributed by atoms with E-state index >= 15 is 0 Å². The van der Waals surface area contributed by atoms with E-state index in [9.17, 15) is 9.59 Å². The third-order valence-corrected chi connectivity index (χ3v) is 0.400. The van der Waals surface area contributed by atoms with E-state index in [1.165, 1.54) is 6.92 Å². The molecule has 0 bridgehead atoms. The van der Waals surface area contributed by atoms with Gasteiger partial charge >= 0.3 is 27.0 Å². The first-order valence-electron chi connectivity index (χ1n) is 2.02. The van der Waals surface area contributed by atoms with Gasteiger partial charge in [-0.05, 0) is 6.92 Å². The molecular weight excluding hydrogens is 163 g/mol. The molecule has 0 aromatic heterocycles. The van der Waals surface area contributed by atoms with Gasteiger partial charge in [0.25, 0.3) is 0 Å². The van der Waals surface area contributed by atoms with Crippen LogP contribution >= 0.6 is 0 Å². The zero-order valence-electron chi connectivity index (χ0n) is 4.83. The van der Waals surface area contributed by atoms with Gasteiger partial charge in [-0.15, -0.1) is 0 Å². The van der Waals surface area contributed by atoms with E-state index in [0.29, 0.717) is 0 Å². The number of carbonyl (C=O) groups is 2. The average molecular weight is 169 g/mol. The molecule has 0 radical (unpaired) electrons. The van der Waals surface area contributed by atoms with Crippen LogP contribution in [0.2, 0.25) is 0 Å². The third-order valence-electron chi connectivity index (χ3n) is 0.400. The predicted molar refractivity (Wildman–Crippen MR) is 23.6 cm³/mol. The molecule has 0 aromatic carbocycles. The number of rotatable bonds is 2. The minimum atomic E-state index is -1.06. The van der Waals surface area contributed by atoms with E-state index in [2.05, 4.69) is 0 Å². The second-order valence-corrected chi connectivity index (χ2v) is 1.27. The first-order valence-corrected chi connectivity index (χ1v) is 2.59. The van der Waals surface area contributed by atoms with Crippen LogP contribution in [0.1, 0.15) is 13.3 Å². The Hall–Kier alpha value is -0.476. The summed E-state index contributed by atoms with van der Waals surface area (Å²) in [5.74, 6) is -1.37. The summed E-state index contributed by atoms with van der Waals surface area (Å²) in [6.07, 6.45) is -0.361. The molecule has 0 amide bonds. The zero-order chi connectivity index (χ0) is 7.86. The van der Waals surface area contributed by atoms with Gasteiger partial charge in [0.05, 0.1) is 0 Å². The maximum atomic E-state index is 9.87. The van der Waals surface area contributed by atoms with Crippen LogP contribution in [-0.4, -0.2) is 16.9 Å². The molecule has 5 heteroatoms. The van der Waals surface area contributed by atoms with Crippen molar-refractivity contribution in [1.82, 2.24) is 0 Å². The molecule has 9 heavy (non-hydrogen) atoms. The van der Waals surface area contributed by atoms with Crippen LogP contribution in [0.4, 0.5) is 0 Å². The van der Waals surface area contributed by atoms with Crippen LogP contribution in [0.15, 0.2) is 0 Å². The number of hydrogen-bond donors (Lipinski definition) is 1. The number of aliphatic carboxylic acids is 1. The van der Waals surface area contributed by atoms with Crippen molar-refractivity contribution < 1.29 is 35.7 Å². The van der Waals surface area contributed by atoms with E-state index < -0.39 is 5.97 Å². The van der Waals surface area contributed by atoms with Crippen molar-refractivity contribution in [1.29, 1.82) is 0 Å². The summed E-state index contributed by atoms with van der Waals surface area (Å²) in [7, 11) is 0. The van der Waals surface area contributed by atoms with Crippen LogP contribution in [0.25, 0.3) is 0 Å². The summed E-state index contributed by atoms with van der Waals surface area (Å²) in [5, 5.41) is 7.86. The van der Waals surface area contributed by atoms with Crippen LogP contribution in [0.5, 0.6) is 0 Å². The summed E-state index contributed by atoms with van der Waals surface area (Å²) in [6.45, 7) is 1.24. The number of carboxylic acids is 1. The van der Waals surface area contributed by atoms with E-state index in [-0.39, 0.29) is 12.2 Å². The summed E-state index contributed by atoms with van der Waals surface area (Å²) >= 11 is 1.06. The van der Waals surface area contributed by atoms with Crippen LogP contribution in [0, 0.1) is 0 Å². The molecule has 1 N–H and O–H groups in total. The van der Waals surface area contributed by atoms with Gasteiger partial charge in [-0.1, -0.05) is 0 Å². The molecule has 0 aliphatic rings. The topological polar surface area (TPSA) is 71.4 Å². The molecule has 0 saturated carbocycles. The molecule has 0 rings (SSSR count). The number of carboxylic acid groups (broad SMARTS) is 1. The van der Waals surface area contributed by atoms with Crippen LogP contribution in [-0.2, 0) is 30.6 Å². The Balaban J connectivity index is 0. The number of Topliss-reactive ketones (excluding diaryl/α,β-unsaturated/α-hetero) is 1. The quantitative estimate of drug-likeness (QED) is 0.587. The molecule has 0 aromatic rings. The standard InChI is InChI=1S/C4H6O3.O.V/c1-3(5)2-4(6)7;;/h2H2,1H3,(H,6,7);;. The zero-order valence-corrected chi connectivity index (χ0v) is 6.22. The van der Waals surface area contributed by atoms with E-state index in [4.69, 9.17) is 8.78 Å². The summed E-state index contributed by atoms with van der Waals surface area (Å²) in [4.78, 5) is 19.5. The Morgan fingerprint density at radius 3 is 1.78 bits per heavy atom. The second-order valence-electron chi connectivity index (χ2n) is 1.27. The fourth-order valence-electron chi connectivity index (χ4n) is 0.213. The van der Waals surface area contributed by atoms with Crippen molar-refractivity contribution in [3.8, 4) is 0 Å². The molecule has 0 aliphatic carbocycles. The van der Waals surface area contributed by atoms with E-state index in [1.54, 1.807) is 0 Å². The maximum absolute atomic E-state index is 9.87. The molecule has 0 spiro atoms. The van der Waals surface area contributed by atoms with Gasteiger partial charge < -0.3 is 5.11 Å². The van der Waals surface area contributed by atoms with Crippen LogP contribution < -0.4 is 0 Å². The number of hydrogen-bond acceptors (Lipinski definition) is 3. The van der Waals surface area contributed by atoms with Crippen molar-refractivity contribution >= 4 is 11.8 Å². The second kappa shape index (κ2) is 7.52. The molecule has 0 atom stereocenters. The summed E-state index contributed by atoms with van der Waals surface area (Å²) in [5.41, 5.74) is 0. The van der Waals surface area contributed by atoms with Gasteiger partial charge in [-0.2, -0.15) is 0 Å². The van der Waals surface area contributed by atoms with Crippen molar-refractivity contribution in [3.05, 3.63) is 0 Å². The first kappa shape index (κ1) is 11.3. The predicted octanol–water partition coefficient (Wildman–Crippen LogP) is -0.0712. The van der Waals surface area contributed by atoms with Gasteiger partial charge in [0.15, 0.2) is 0 Å². The van der Waals surface area contributed by atoms with Crippen molar-refractivity contribution in [2.45, 2.75) is 13.3 Å². The number of carbonyl (C=O) groups excluding carboxylic acids is 1. The number of ketones is 1. The fraction of sp³-hybridized carbons (Fsp3) is 0.500. The molecule has 4 nitrogen and oxygen atoms in total. The van der Waals surface area contributed by atoms with Crippen molar-refractivity contribution in [3.63, 3.8) is 0 Å². The molecular formula is C4H6O4V. The Morgan fingerprint density at radius 1 is 1.44 bits per heavy atom. The van der Waals surface area contributed by atoms with E-state index in [0.717, 1.165) is 17.4 Å².